The lowest BCUT2D eigenvalue weighted by Gasteiger charge is -2.06. The van der Waals surface area contributed by atoms with Crippen molar-refractivity contribution in [3.8, 4) is 0 Å². The molecule has 1 heteroatoms. The summed E-state index contributed by atoms with van der Waals surface area (Å²) in [5.41, 5.74) is 3.41. The smallest absolute Gasteiger partial charge is 0.150 e. The molecule has 15 heavy (non-hydrogen) atoms. The predicted octanol–water partition coefficient (Wildman–Crippen LogP) is 3.22. The topological polar surface area (TPSA) is 17.1 Å². The third-order valence-electron chi connectivity index (χ3n) is 2.99. The summed E-state index contributed by atoms with van der Waals surface area (Å²) in [5.74, 6) is 0. The summed E-state index contributed by atoms with van der Waals surface area (Å²) in [6.07, 6.45) is 6.21. The predicted molar refractivity (Wildman–Crippen MR) is 62.1 cm³/mol. The Morgan fingerprint density at radius 3 is 2.87 bits per heavy atom. The molecule has 0 unspecified atom stereocenters. The molecule has 0 N–H and O–H groups in total. The van der Waals surface area contributed by atoms with Gasteiger partial charge in [0, 0.05) is 5.56 Å². The standard InChI is InChI=1S/C14H10O/c15-9-11-4-2-6-14-12-5-1-3-10(12)7-8-13(11)14/h1-4,6-9H,5H2. The molecule has 0 aliphatic heterocycles. The first-order valence-electron chi connectivity index (χ1n) is 5.06. The zero-order chi connectivity index (χ0) is 10.3. The number of benzene rings is 2. The number of carbonyl (C=O) groups is 1. The number of fused-ring (bicyclic) bond motifs is 3. The van der Waals surface area contributed by atoms with Gasteiger partial charge in [0.2, 0.25) is 0 Å². The Hall–Kier alpha value is -1.89. The highest BCUT2D eigenvalue weighted by Crippen LogP contribution is 2.29. The van der Waals surface area contributed by atoms with Crippen LogP contribution in [0.4, 0.5) is 0 Å². The molecule has 1 nitrogen and oxygen atoms in total. The zero-order valence-electron chi connectivity index (χ0n) is 8.23. The van der Waals surface area contributed by atoms with E-state index in [-0.39, 0.29) is 0 Å². The number of hydrogen-bond acceptors (Lipinski definition) is 1. The number of carbonyl (C=O) groups excluding carboxylic acids is 1. The van der Waals surface area contributed by atoms with E-state index in [0.717, 1.165) is 23.7 Å². The van der Waals surface area contributed by atoms with Crippen molar-refractivity contribution >= 4 is 23.1 Å². The van der Waals surface area contributed by atoms with E-state index in [2.05, 4.69) is 24.3 Å². The minimum atomic E-state index is 0.780. The first-order chi connectivity index (χ1) is 7.40. The van der Waals surface area contributed by atoms with E-state index in [4.69, 9.17) is 0 Å². The Labute approximate surface area is 88.0 Å². The lowest BCUT2D eigenvalue weighted by molar-refractivity contribution is 0.112. The van der Waals surface area contributed by atoms with E-state index in [9.17, 15) is 4.79 Å². The molecule has 0 fully saturated rings. The second kappa shape index (κ2) is 3.06. The number of aldehydes is 1. The molecule has 72 valence electrons. The largest absolute Gasteiger partial charge is 0.298 e. The summed E-state index contributed by atoms with van der Waals surface area (Å²) < 4.78 is 0. The minimum absolute atomic E-state index is 0.780. The van der Waals surface area contributed by atoms with Crippen LogP contribution in [0.15, 0.2) is 36.4 Å². The van der Waals surface area contributed by atoms with Crippen LogP contribution >= 0.6 is 0 Å². The number of allylic oxidation sites excluding steroid dienone is 1. The van der Waals surface area contributed by atoms with Gasteiger partial charge in [0.15, 0.2) is 6.29 Å². The summed E-state index contributed by atoms with van der Waals surface area (Å²) in [4.78, 5) is 10.9. The van der Waals surface area contributed by atoms with Crippen molar-refractivity contribution in [2.75, 3.05) is 0 Å². The average molecular weight is 194 g/mol. The molecule has 2 aromatic rings. The van der Waals surface area contributed by atoms with Gasteiger partial charge in [-0.15, -0.1) is 0 Å². The third kappa shape index (κ3) is 1.13. The molecule has 3 rings (SSSR count). The zero-order valence-corrected chi connectivity index (χ0v) is 8.23. The van der Waals surface area contributed by atoms with Gasteiger partial charge >= 0.3 is 0 Å². The van der Waals surface area contributed by atoms with Crippen LogP contribution in [-0.2, 0) is 6.42 Å². The summed E-state index contributed by atoms with van der Waals surface area (Å²) in [6, 6.07) is 10.0. The van der Waals surface area contributed by atoms with E-state index in [1.807, 2.05) is 18.2 Å². The van der Waals surface area contributed by atoms with Crippen molar-refractivity contribution in [3.63, 3.8) is 0 Å². The van der Waals surface area contributed by atoms with Crippen molar-refractivity contribution < 1.29 is 4.79 Å². The van der Waals surface area contributed by atoms with E-state index < -0.39 is 0 Å². The Kier molecular flexibility index (Phi) is 1.72. The SMILES string of the molecule is O=Cc1cccc2c3c(ccc12)C=CC3. The normalized spacial score (nSPS) is 13.1. The summed E-state index contributed by atoms with van der Waals surface area (Å²) in [7, 11) is 0. The molecule has 0 radical (unpaired) electrons. The fraction of sp³-hybridized carbons (Fsp3) is 0.0714. The van der Waals surface area contributed by atoms with Gasteiger partial charge in [0.05, 0.1) is 0 Å². The molecule has 0 spiro atoms. The highest BCUT2D eigenvalue weighted by atomic mass is 16.1. The maximum Gasteiger partial charge on any atom is 0.150 e. The Bertz CT molecular complexity index is 579. The second-order valence-electron chi connectivity index (χ2n) is 3.80. The maximum absolute atomic E-state index is 10.9. The molecule has 2 aromatic carbocycles. The average Bonchev–Trinajstić information content (AvgIpc) is 2.76. The minimum Gasteiger partial charge on any atom is -0.298 e. The first kappa shape index (κ1) is 8.42. The van der Waals surface area contributed by atoms with Crippen LogP contribution in [0.2, 0.25) is 0 Å². The van der Waals surface area contributed by atoms with E-state index in [1.54, 1.807) is 0 Å². The maximum atomic E-state index is 10.9. The highest BCUT2D eigenvalue weighted by Gasteiger charge is 2.10. The molecule has 0 atom stereocenters. The van der Waals surface area contributed by atoms with E-state index in [0.29, 0.717) is 0 Å². The first-order valence-corrected chi connectivity index (χ1v) is 5.06. The fourth-order valence-corrected chi connectivity index (χ4v) is 2.25. The summed E-state index contributed by atoms with van der Waals surface area (Å²) in [5, 5.41) is 2.28. The molecule has 0 aromatic heterocycles. The third-order valence-corrected chi connectivity index (χ3v) is 2.99. The van der Waals surface area contributed by atoms with Crippen LogP contribution in [0.25, 0.3) is 16.8 Å². The van der Waals surface area contributed by atoms with Gasteiger partial charge < -0.3 is 0 Å². The van der Waals surface area contributed by atoms with Crippen LogP contribution in [0.5, 0.6) is 0 Å². The number of rotatable bonds is 1. The molecule has 0 saturated carbocycles. The van der Waals surface area contributed by atoms with Gasteiger partial charge in [0.1, 0.15) is 0 Å². The molecular weight excluding hydrogens is 184 g/mol. The van der Waals surface area contributed by atoms with Crippen LogP contribution in [-0.4, -0.2) is 6.29 Å². The van der Waals surface area contributed by atoms with Gasteiger partial charge in [-0.2, -0.15) is 0 Å². The van der Waals surface area contributed by atoms with Crippen molar-refractivity contribution in [3.05, 3.63) is 53.1 Å². The van der Waals surface area contributed by atoms with Crippen molar-refractivity contribution in [1.29, 1.82) is 0 Å². The monoisotopic (exact) mass is 194 g/mol. The Balaban J connectivity index is 2.44. The molecule has 0 heterocycles. The van der Waals surface area contributed by atoms with Gasteiger partial charge in [0.25, 0.3) is 0 Å². The van der Waals surface area contributed by atoms with Crippen LogP contribution in [0.3, 0.4) is 0 Å². The van der Waals surface area contributed by atoms with Crippen molar-refractivity contribution in [2.45, 2.75) is 6.42 Å². The fourth-order valence-electron chi connectivity index (χ4n) is 2.25. The van der Waals surface area contributed by atoms with Crippen molar-refractivity contribution in [2.24, 2.45) is 0 Å². The second-order valence-corrected chi connectivity index (χ2v) is 3.80. The Morgan fingerprint density at radius 1 is 1.07 bits per heavy atom. The molecule has 1 aliphatic rings. The lowest BCUT2D eigenvalue weighted by Crippen LogP contribution is -1.88. The number of hydrogen-bond donors (Lipinski definition) is 0. The van der Waals surface area contributed by atoms with Gasteiger partial charge in [-0.1, -0.05) is 42.5 Å². The van der Waals surface area contributed by atoms with Gasteiger partial charge in [-0.3, -0.25) is 4.79 Å². The van der Waals surface area contributed by atoms with E-state index in [1.165, 1.54) is 16.5 Å². The molecular formula is C14H10O. The lowest BCUT2D eigenvalue weighted by atomic mass is 9.97. The Morgan fingerprint density at radius 2 is 2.00 bits per heavy atom. The molecule has 0 amide bonds. The van der Waals surface area contributed by atoms with Gasteiger partial charge in [-0.25, -0.2) is 0 Å². The molecule has 1 aliphatic carbocycles. The van der Waals surface area contributed by atoms with Gasteiger partial charge in [-0.05, 0) is 28.3 Å². The van der Waals surface area contributed by atoms with Crippen molar-refractivity contribution in [1.82, 2.24) is 0 Å². The van der Waals surface area contributed by atoms with Crippen LogP contribution < -0.4 is 0 Å². The van der Waals surface area contributed by atoms with Crippen LogP contribution in [0.1, 0.15) is 21.5 Å². The molecule has 0 bridgehead atoms. The quantitative estimate of drug-likeness (QED) is 0.637. The van der Waals surface area contributed by atoms with Crippen LogP contribution in [0, 0.1) is 0 Å². The summed E-state index contributed by atoms with van der Waals surface area (Å²) in [6.45, 7) is 0. The summed E-state index contributed by atoms with van der Waals surface area (Å²) >= 11 is 0. The molecule has 0 saturated heterocycles. The van der Waals surface area contributed by atoms with E-state index >= 15 is 0 Å². The highest BCUT2D eigenvalue weighted by molar-refractivity contribution is 6.01.